The molecule has 1 aliphatic carbocycles. The van der Waals surface area contributed by atoms with Crippen molar-refractivity contribution in [3.05, 3.63) is 206 Å². The van der Waals surface area contributed by atoms with Crippen LogP contribution in [0.2, 0.25) is 0 Å². The second-order valence-corrected chi connectivity index (χ2v) is 15.2. The van der Waals surface area contributed by atoms with E-state index in [0.29, 0.717) is 0 Å². The molecule has 0 unspecified atom stereocenters. The number of rotatable bonds is 5. The minimum Gasteiger partial charge on any atom is -0.255 e. The highest BCUT2D eigenvalue weighted by molar-refractivity contribution is 6.29. The van der Waals surface area contributed by atoms with E-state index < -0.39 is 0 Å². The molecule has 0 saturated heterocycles. The summed E-state index contributed by atoms with van der Waals surface area (Å²) in [5.41, 5.74) is 16.5. The third-order valence-corrected chi connectivity index (χ3v) is 12.0. The molecule has 58 heavy (non-hydrogen) atoms. The lowest BCUT2D eigenvalue weighted by molar-refractivity contribution is 1.25. The molecule has 0 atom stereocenters. The summed E-state index contributed by atoms with van der Waals surface area (Å²) in [6.45, 7) is 0. The monoisotopic (exact) mass is 734 g/mol. The van der Waals surface area contributed by atoms with Gasteiger partial charge < -0.3 is 0 Å². The standard InChI is InChI=1S/C56H34N2/c1-3-15-35(16-4-1)52-43-21-9-10-22-44(43)53(36-17-5-2-6-18-36)56-46-31-30-41(42-23-13-24-45(54(42)46)55(52)56)48-33-37-28-29-38(34-47(37)39-19-7-8-20-40(39)48)49-26-14-27-51(58-49)50-25-11-12-32-57-50/h1-34H. The number of hydrogen-bond donors (Lipinski definition) is 0. The molecule has 11 aromatic rings. The molecule has 0 radical (unpaired) electrons. The summed E-state index contributed by atoms with van der Waals surface area (Å²) in [6.07, 6.45) is 1.82. The van der Waals surface area contributed by atoms with Crippen molar-refractivity contribution in [1.82, 2.24) is 9.97 Å². The number of pyridine rings is 2. The van der Waals surface area contributed by atoms with Crippen LogP contribution in [0.15, 0.2) is 206 Å². The van der Waals surface area contributed by atoms with E-state index in [9.17, 15) is 0 Å². The molecule has 1 aliphatic rings. The summed E-state index contributed by atoms with van der Waals surface area (Å²) in [6, 6.07) is 72.7. The first-order valence-electron chi connectivity index (χ1n) is 19.9. The highest BCUT2D eigenvalue weighted by Crippen LogP contribution is 2.58. The molecule has 2 nitrogen and oxygen atoms in total. The maximum Gasteiger partial charge on any atom is 0.0893 e. The van der Waals surface area contributed by atoms with Gasteiger partial charge in [-0.1, -0.05) is 164 Å². The van der Waals surface area contributed by atoms with Gasteiger partial charge in [-0.2, -0.15) is 0 Å². The lowest BCUT2D eigenvalue weighted by Gasteiger charge is -2.20. The van der Waals surface area contributed by atoms with Crippen molar-refractivity contribution >= 4 is 43.1 Å². The number of benzene rings is 9. The molecule has 0 fully saturated rings. The summed E-state index contributed by atoms with van der Waals surface area (Å²) in [5.74, 6) is 0. The van der Waals surface area contributed by atoms with E-state index in [2.05, 4.69) is 181 Å². The summed E-state index contributed by atoms with van der Waals surface area (Å²) < 4.78 is 0. The highest BCUT2D eigenvalue weighted by atomic mass is 14.8. The Morgan fingerprint density at radius 3 is 1.55 bits per heavy atom. The van der Waals surface area contributed by atoms with E-state index in [1.165, 1.54) is 98.7 Å². The van der Waals surface area contributed by atoms with Crippen molar-refractivity contribution in [1.29, 1.82) is 0 Å². The lowest BCUT2D eigenvalue weighted by Crippen LogP contribution is -1.93. The quantitative estimate of drug-likeness (QED) is 0.165. The Balaban J connectivity index is 1.10. The van der Waals surface area contributed by atoms with Crippen LogP contribution in [0, 0.1) is 0 Å². The Labute approximate surface area is 336 Å². The fourth-order valence-electron chi connectivity index (χ4n) is 9.58. The molecule has 0 N–H and O–H groups in total. The number of fused-ring (bicyclic) bond motifs is 7. The summed E-state index contributed by atoms with van der Waals surface area (Å²) in [5, 5.41) is 10.0. The Hall–Kier alpha value is -7.68. The topological polar surface area (TPSA) is 25.8 Å². The molecular formula is C56H34N2. The van der Waals surface area contributed by atoms with Crippen LogP contribution in [0.4, 0.5) is 0 Å². The molecule has 268 valence electrons. The van der Waals surface area contributed by atoms with Gasteiger partial charge in [-0.3, -0.25) is 4.98 Å². The molecule has 12 rings (SSSR count). The van der Waals surface area contributed by atoms with Crippen LogP contribution in [0.5, 0.6) is 0 Å². The Morgan fingerprint density at radius 2 is 0.845 bits per heavy atom. The average Bonchev–Trinajstić information content (AvgIpc) is 3.63. The van der Waals surface area contributed by atoms with E-state index in [-0.39, 0.29) is 0 Å². The summed E-state index contributed by atoms with van der Waals surface area (Å²) in [7, 11) is 0. The highest BCUT2D eigenvalue weighted by Gasteiger charge is 2.31. The van der Waals surface area contributed by atoms with Gasteiger partial charge in [0.15, 0.2) is 0 Å². The molecule has 0 aliphatic heterocycles. The molecule has 2 aromatic heterocycles. The molecule has 0 bridgehead atoms. The third-order valence-electron chi connectivity index (χ3n) is 12.0. The molecule has 9 aromatic carbocycles. The zero-order chi connectivity index (χ0) is 38.2. The molecule has 0 amide bonds. The first-order chi connectivity index (χ1) is 28.8. The van der Waals surface area contributed by atoms with Crippen molar-refractivity contribution < 1.29 is 0 Å². The smallest absolute Gasteiger partial charge is 0.0893 e. The van der Waals surface area contributed by atoms with Gasteiger partial charge in [0.25, 0.3) is 0 Å². The Morgan fingerprint density at radius 1 is 0.276 bits per heavy atom. The van der Waals surface area contributed by atoms with Crippen LogP contribution in [-0.2, 0) is 0 Å². The SMILES string of the molecule is c1ccc(-c2c3c(c(-c4ccccc4)c4ccccc24)-c2ccc(-c4cc5ccc(-c6cccc(-c7ccccn7)n6)cc5c5ccccc45)c4cccc-3c24)cc1. The van der Waals surface area contributed by atoms with Gasteiger partial charge in [0.05, 0.1) is 17.1 Å². The largest absolute Gasteiger partial charge is 0.255 e. The van der Waals surface area contributed by atoms with Crippen LogP contribution >= 0.6 is 0 Å². The first kappa shape index (κ1) is 32.6. The summed E-state index contributed by atoms with van der Waals surface area (Å²) >= 11 is 0. The molecule has 0 spiro atoms. The lowest BCUT2D eigenvalue weighted by atomic mass is 9.82. The zero-order valence-electron chi connectivity index (χ0n) is 31.5. The van der Waals surface area contributed by atoms with E-state index in [1.807, 2.05) is 30.5 Å². The van der Waals surface area contributed by atoms with Crippen molar-refractivity contribution in [2.45, 2.75) is 0 Å². The third kappa shape index (κ3) is 4.92. The van der Waals surface area contributed by atoms with Crippen LogP contribution in [0.25, 0.3) is 121 Å². The van der Waals surface area contributed by atoms with Gasteiger partial charge in [0.1, 0.15) is 0 Å². The molecule has 2 heteroatoms. The van der Waals surface area contributed by atoms with Crippen LogP contribution in [0.3, 0.4) is 0 Å². The molecular weight excluding hydrogens is 701 g/mol. The number of nitrogens with zero attached hydrogens (tertiary/aromatic N) is 2. The predicted molar refractivity (Wildman–Crippen MR) is 244 cm³/mol. The fourth-order valence-corrected chi connectivity index (χ4v) is 9.58. The molecule has 2 heterocycles. The Bertz CT molecular complexity index is 3330. The fraction of sp³-hybridized carbons (Fsp3) is 0. The van der Waals surface area contributed by atoms with Gasteiger partial charge in [-0.15, -0.1) is 0 Å². The van der Waals surface area contributed by atoms with Crippen molar-refractivity contribution in [2.24, 2.45) is 0 Å². The van der Waals surface area contributed by atoms with Crippen LogP contribution in [0.1, 0.15) is 0 Å². The number of aromatic nitrogens is 2. The van der Waals surface area contributed by atoms with Crippen LogP contribution < -0.4 is 0 Å². The zero-order valence-corrected chi connectivity index (χ0v) is 31.5. The minimum atomic E-state index is 0.868. The second kappa shape index (κ2) is 12.9. The molecule has 0 saturated carbocycles. The van der Waals surface area contributed by atoms with Gasteiger partial charge >= 0.3 is 0 Å². The van der Waals surface area contributed by atoms with Crippen molar-refractivity contribution in [2.75, 3.05) is 0 Å². The first-order valence-corrected chi connectivity index (χ1v) is 19.9. The maximum atomic E-state index is 5.05. The maximum absolute atomic E-state index is 5.05. The minimum absolute atomic E-state index is 0.868. The van der Waals surface area contributed by atoms with Gasteiger partial charge in [-0.25, -0.2) is 4.98 Å². The number of hydrogen-bond acceptors (Lipinski definition) is 2. The van der Waals surface area contributed by atoms with E-state index >= 15 is 0 Å². The van der Waals surface area contributed by atoms with Crippen LogP contribution in [-0.4, -0.2) is 9.97 Å². The second-order valence-electron chi connectivity index (χ2n) is 15.2. The summed E-state index contributed by atoms with van der Waals surface area (Å²) in [4.78, 5) is 9.59. The van der Waals surface area contributed by atoms with E-state index in [4.69, 9.17) is 4.98 Å². The van der Waals surface area contributed by atoms with Crippen molar-refractivity contribution in [3.63, 3.8) is 0 Å². The predicted octanol–water partition coefficient (Wildman–Crippen LogP) is 15.1. The van der Waals surface area contributed by atoms with Gasteiger partial charge in [0, 0.05) is 11.8 Å². The Kier molecular flexibility index (Phi) is 7.26. The van der Waals surface area contributed by atoms with E-state index in [1.54, 1.807) is 0 Å². The van der Waals surface area contributed by atoms with Gasteiger partial charge in [-0.05, 0) is 135 Å². The average molecular weight is 735 g/mol. The normalized spacial score (nSPS) is 11.8. The van der Waals surface area contributed by atoms with Crippen molar-refractivity contribution in [3.8, 4) is 78.3 Å². The van der Waals surface area contributed by atoms with E-state index in [0.717, 1.165) is 22.6 Å². The van der Waals surface area contributed by atoms with Gasteiger partial charge in [0.2, 0.25) is 0 Å².